The molecule has 2 heterocycles. The Bertz CT molecular complexity index is 555. The summed E-state index contributed by atoms with van der Waals surface area (Å²) in [5.74, 6) is -1.10. The lowest BCUT2D eigenvalue weighted by atomic mass is 9.72. The fraction of sp³-hybridized carbons (Fsp3) is 0.588. The van der Waals surface area contributed by atoms with Crippen molar-refractivity contribution in [1.82, 2.24) is 10.2 Å². The van der Waals surface area contributed by atoms with E-state index in [4.69, 9.17) is 0 Å². The molecule has 0 bridgehead atoms. The van der Waals surface area contributed by atoms with E-state index in [0.29, 0.717) is 18.5 Å². The van der Waals surface area contributed by atoms with Crippen LogP contribution in [-0.4, -0.2) is 30.4 Å². The molecular weight excluding hydrogens is 322 g/mol. The van der Waals surface area contributed by atoms with Crippen LogP contribution in [0, 0.1) is 17.0 Å². The lowest BCUT2D eigenvalue weighted by molar-refractivity contribution is -0.141. The van der Waals surface area contributed by atoms with Gasteiger partial charge < -0.3 is 10.2 Å². The van der Waals surface area contributed by atoms with Crippen LogP contribution in [0.1, 0.15) is 44.2 Å². The number of nitrogens with one attached hydrogen (secondary N) is 1. The summed E-state index contributed by atoms with van der Waals surface area (Å²) in [6.45, 7) is 4.50. The van der Waals surface area contributed by atoms with E-state index in [-0.39, 0.29) is 29.8 Å². The van der Waals surface area contributed by atoms with Gasteiger partial charge in [-0.05, 0) is 62.4 Å². The standard InChI is InChI=1S/C17H22F2N2O.ClH/c1-12(13-8-14(18)10-15(19)9-13)21-11-17(3-2-16(21)22)4-6-20-7-5-17;/h8-10,12,20H,2-7,11H2,1H3;1H. The predicted octanol–water partition coefficient (Wildman–Crippen LogP) is 3.44. The minimum absolute atomic E-state index is 0. The fourth-order valence-electron chi connectivity index (χ4n) is 3.76. The number of halogens is 3. The number of hydrogen-bond acceptors (Lipinski definition) is 2. The molecule has 2 fully saturated rings. The fourth-order valence-corrected chi connectivity index (χ4v) is 3.76. The minimum Gasteiger partial charge on any atom is -0.335 e. The molecule has 0 aromatic heterocycles. The first-order chi connectivity index (χ1) is 10.5. The van der Waals surface area contributed by atoms with Gasteiger partial charge in [0.05, 0.1) is 6.04 Å². The highest BCUT2D eigenvalue weighted by molar-refractivity contribution is 5.85. The van der Waals surface area contributed by atoms with Crippen LogP contribution in [0.4, 0.5) is 8.78 Å². The van der Waals surface area contributed by atoms with Crippen molar-refractivity contribution in [3.8, 4) is 0 Å². The van der Waals surface area contributed by atoms with Gasteiger partial charge in [0.15, 0.2) is 0 Å². The third-order valence-electron chi connectivity index (χ3n) is 5.19. The number of hydrogen-bond donors (Lipinski definition) is 1. The van der Waals surface area contributed by atoms with E-state index < -0.39 is 11.6 Å². The molecule has 0 saturated carbocycles. The highest BCUT2D eigenvalue weighted by Gasteiger charge is 2.41. The first kappa shape index (κ1) is 18.1. The van der Waals surface area contributed by atoms with Crippen LogP contribution in [0.5, 0.6) is 0 Å². The molecule has 1 amide bonds. The van der Waals surface area contributed by atoms with E-state index in [1.54, 1.807) is 0 Å². The van der Waals surface area contributed by atoms with Gasteiger partial charge in [0.2, 0.25) is 5.91 Å². The summed E-state index contributed by atoms with van der Waals surface area (Å²) in [6, 6.07) is 3.21. The van der Waals surface area contributed by atoms with E-state index in [9.17, 15) is 13.6 Å². The molecule has 2 saturated heterocycles. The smallest absolute Gasteiger partial charge is 0.223 e. The van der Waals surface area contributed by atoms with E-state index >= 15 is 0 Å². The van der Waals surface area contributed by atoms with Gasteiger partial charge in [-0.15, -0.1) is 12.4 Å². The Balaban J connectivity index is 0.00000192. The lowest BCUT2D eigenvalue weighted by Gasteiger charge is -2.47. The molecule has 0 aliphatic carbocycles. The first-order valence-electron chi connectivity index (χ1n) is 7.95. The average molecular weight is 345 g/mol. The quantitative estimate of drug-likeness (QED) is 0.891. The Kier molecular flexibility index (Phi) is 5.63. The summed E-state index contributed by atoms with van der Waals surface area (Å²) in [5, 5.41) is 3.36. The summed E-state index contributed by atoms with van der Waals surface area (Å²) in [5.41, 5.74) is 0.691. The van der Waals surface area contributed by atoms with Crippen molar-refractivity contribution in [2.24, 2.45) is 5.41 Å². The predicted molar refractivity (Wildman–Crippen MR) is 87.5 cm³/mol. The van der Waals surface area contributed by atoms with E-state index in [1.165, 1.54) is 12.1 Å². The Morgan fingerprint density at radius 3 is 2.35 bits per heavy atom. The van der Waals surface area contributed by atoms with Crippen molar-refractivity contribution >= 4 is 18.3 Å². The van der Waals surface area contributed by atoms with Gasteiger partial charge in [0.1, 0.15) is 11.6 Å². The minimum atomic E-state index is -0.595. The second-order valence-corrected chi connectivity index (χ2v) is 6.65. The maximum absolute atomic E-state index is 13.4. The number of carbonyl (C=O) groups excluding carboxylic acids is 1. The van der Waals surface area contributed by atoms with Gasteiger partial charge in [-0.1, -0.05) is 0 Å². The average Bonchev–Trinajstić information content (AvgIpc) is 2.49. The number of piperidine rings is 2. The largest absolute Gasteiger partial charge is 0.335 e. The molecule has 2 aliphatic heterocycles. The van der Waals surface area contributed by atoms with Gasteiger partial charge >= 0.3 is 0 Å². The highest BCUT2D eigenvalue weighted by Crippen LogP contribution is 2.41. The van der Waals surface area contributed by atoms with Crippen LogP contribution in [-0.2, 0) is 4.79 Å². The molecule has 128 valence electrons. The summed E-state index contributed by atoms with van der Waals surface area (Å²) in [4.78, 5) is 14.1. The Labute approximate surface area is 141 Å². The Morgan fingerprint density at radius 2 is 1.74 bits per heavy atom. The van der Waals surface area contributed by atoms with E-state index in [1.807, 2.05) is 11.8 Å². The zero-order valence-electron chi connectivity index (χ0n) is 13.3. The van der Waals surface area contributed by atoms with Crippen LogP contribution >= 0.6 is 12.4 Å². The third-order valence-corrected chi connectivity index (χ3v) is 5.19. The van der Waals surface area contributed by atoms with E-state index in [0.717, 1.165) is 38.4 Å². The summed E-state index contributed by atoms with van der Waals surface area (Å²) >= 11 is 0. The number of likely N-dealkylation sites (tertiary alicyclic amines) is 1. The van der Waals surface area contributed by atoms with Crippen LogP contribution < -0.4 is 5.32 Å². The molecule has 1 spiro atoms. The van der Waals surface area contributed by atoms with Gasteiger partial charge in [-0.2, -0.15) is 0 Å². The second-order valence-electron chi connectivity index (χ2n) is 6.65. The van der Waals surface area contributed by atoms with Crippen molar-refractivity contribution < 1.29 is 13.6 Å². The molecule has 1 aromatic carbocycles. The first-order valence-corrected chi connectivity index (χ1v) is 7.95. The monoisotopic (exact) mass is 344 g/mol. The molecule has 1 N–H and O–H groups in total. The number of nitrogens with zero attached hydrogens (tertiary/aromatic N) is 1. The number of amides is 1. The Hall–Kier alpha value is -1.20. The van der Waals surface area contributed by atoms with E-state index in [2.05, 4.69) is 5.32 Å². The van der Waals surface area contributed by atoms with Crippen LogP contribution in [0.25, 0.3) is 0 Å². The van der Waals surface area contributed by atoms with Crippen LogP contribution in [0.3, 0.4) is 0 Å². The highest BCUT2D eigenvalue weighted by atomic mass is 35.5. The lowest BCUT2D eigenvalue weighted by Crippen LogP contribution is -2.51. The van der Waals surface area contributed by atoms with Gasteiger partial charge in [-0.25, -0.2) is 8.78 Å². The molecule has 1 unspecified atom stereocenters. The molecule has 23 heavy (non-hydrogen) atoms. The molecule has 2 aliphatic rings. The maximum atomic E-state index is 13.4. The van der Waals surface area contributed by atoms with Crippen molar-refractivity contribution in [3.63, 3.8) is 0 Å². The molecule has 0 radical (unpaired) electrons. The second kappa shape index (κ2) is 7.14. The zero-order chi connectivity index (χ0) is 15.7. The van der Waals surface area contributed by atoms with Gasteiger partial charge in [-0.3, -0.25) is 4.79 Å². The van der Waals surface area contributed by atoms with Crippen molar-refractivity contribution in [1.29, 1.82) is 0 Å². The molecule has 1 aromatic rings. The third kappa shape index (κ3) is 3.83. The molecule has 3 nitrogen and oxygen atoms in total. The SMILES string of the molecule is CC(c1cc(F)cc(F)c1)N1CC2(CCNCC2)CCC1=O.Cl. The van der Waals surface area contributed by atoms with Gasteiger partial charge in [0, 0.05) is 19.0 Å². The zero-order valence-corrected chi connectivity index (χ0v) is 14.1. The van der Waals surface area contributed by atoms with Crippen LogP contribution in [0.2, 0.25) is 0 Å². The molecule has 6 heteroatoms. The molecule has 1 atom stereocenters. The van der Waals surface area contributed by atoms with Gasteiger partial charge in [0.25, 0.3) is 0 Å². The van der Waals surface area contributed by atoms with Crippen molar-refractivity contribution in [2.45, 2.75) is 38.6 Å². The van der Waals surface area contributed by atoms with Crippen molar-refractivity contribution in [3.05, 3.63) is 35.4 Å². The molecular formula is C17H23ClF2N2O. The van der Waals surface area contributed by atoms with Crippen LogP contribution in [0.15, 0.2) is 18.2 Å². The van der Waals surface area contributed by atoms with Crippen molar-refractivity contribution in [2.75, 3.05) is 19.6 Å². The topological polar surface area (TPSA) is 32.3 Å². The number of benzene rings is 1. The number of rotatable bonds is 2. The number of carbonyl (C=O) groups is 1. The normalized spacial score (nSPS) is 21.9. The summed E-state index contributed by atoms with van der Waals surface area (Å²) < 4.78 is 26.9. The summed E-state index contributed by atoms with van der Waals surface area (Å²) in [6.07, 6.45) is 3.57. The maximum Gasteiger partial charge on any atom is 0.223 e. The summed E-state index contributed by atoms with van der Waals surface area (Å²) in [7, 11) is 0. The molecule has 3 rings (SSSR count). The Morgan fingerprint density at radius 1 is 1.13 bits per heavy atom.